The number of ether oxygens (including phenoxy) is 1. The highest BCUT2D eigenvalue weighted by Gasteiger charge is 2.41. The van der Waals surface area contributed by atoms with Crippen LogP contribution in [0.5, 0.6) is 0 Å². The van der Waals surface area contributed by atoms with Gasteiger partial charge in [0, 0.05) is 13.0 Å². The maximum Gasteiger partial charge on any atom is 0.133 e. The molecule has 0 aromatic heterocycles. The minimum atomic E-state index is 0.276. The summed E-state index contributed by atoms with van der Waals surface area (Å²) in [5.41, 5.74) is 2.47. The first-order chi connectivity index (χ1) is 7.22. The summed E-state index contributed by atoms with van der Waals surface area (Å²) in [6, 6.07) is 8.38. The van der Waals surface area contributed by atoms with Crippen LogP contribution in [0.2, 0.25) is 0 Å². The lowest BCUT2D eigenvalue weighted by Gasteiger charge is -2.02. The van der Waals surface area contributed by atoms with Crippen LogP contribution in [0.15, 0.2) is 24.3 Å². The van der Waals surface area contributed by atoms with Gasteiger partial charge in [-0.1, -0.05) is 24.3 Å². The SMILES string of the molecule is COCc1ccc(C2CC2C(C)=O)cc1. The average Bonchev–Trinajstić information content (AvgIpc) is 2.99. The van der Waals surface area contributed by atoms with Gasteiger partial charge in [-0.2, -0.15) is 0 Å². The van der Waals surface area contributed by atoms with Gasteiger partial charge in [0.1, 0.15) is 5.78 Å². The molecule has 0 N–H and O–H groups in total. The normalized spacial score (nSPS) is 23.9. The fourth-order valence-corrected chi connectivity index (χ4v) is 2.04. The Labute approximate surface area is 90.3 Å². The highest BCUT2D eigenvalue weighted by Crippen LogP contribution is 2.47. The van der Waals surface area contributed by atoms with Crippen LogP contribution in [0.1, 0.15) is 30.4 Å². The smallest absolute Gasteiger partial charge is 0.133 e. The molecule has 0 amide bonds. The van der Waals surface area contributed by atoms with E-state index >= 15 is 0 Å². The molecule has 1 fully saturated rings. The first-order valence-corrected chi connectivity index (χ1v) is 5.30. The lowest BCUT2D eigenvalue weighted by molar-refractivity contribution is -0.118. The molecule has 15 heavy (non-hydrogen) atoms. The van der Waals surface area contributed by atoms with Crippen LogP contribution in [0.3, 0.4) is 0 Å². The fourth-order valence-electron chi connectivity index (χ4n) is 2.04. The van der Waals surface area contributed by atoms with Gasteiger partial charge in [0.05, 0.1) is 6.61 Å². The Bertz CT molecular complexity index is 353. The summed E-state index contributed by atoms with van der Waals surface area (Å²) in [6.45, 7) is 2.34. The van der Waals surface area contributed by atoms with Crippen LogP contribution in [0.4, 0.5) is 0 Å². The van der Waals surface area contributed by atoms with E-state index in [9.17, 15) is 4.79 Å². The molecule has 0 aliphatic heterocycles. The Balaban J connectivity index is 2.03. The van der Waals surface area contributed by atoms with Crippen molar-refractivity contribution in [3.8, 4) is 0 Å². The Morgan fingerprint density at radius 3 is 2.53 bits per heavy atom. The zero-order chi connectivity index (χ0) is 10.8. The summed E-state index contributed by atoms with van der Waals surface area (Å²) in [6.07, 6.45) is 1.03. The van der Waals surface area contributed by atoms with Gasteiger partial charge in [0.25, 0.3) is 0 Å². The average molecular weight is 204 g/mol. The lowest BCUT2D eigenvalue weighted by Crippen LogP contribution is -1.95. The molecule has 1 aliphatic rings. The van der Waals surface area contributed by atoms with Crippen molar-refractivity contribution in [2.45, 2.75) is 25.9 Å². The van der Waals surface area contributed by atoms with E-state index in [0.29, 0.717) is 18.3 Å². The number of hydrogen-bond donors (Lipinski definition) is 0. The van der Waals surface area contributed by atoms with Gasteiger partial charge >= 0.3 is 0 Å². The Morgan fingerprint density at radius 2 is 2.07 bits per heavy atom. The summed E-state index contributed by atoms with van der Waals surface area (Å²) >= 11 is 0. The van der Waals surface area contributed by atoms with Crippen molar-refractivity contribution in [3.05, 3.63) is 35.4 Å². The highest BCUT2D eigenvalue weighted by atomic mass is 16.5. The van der Waals surface area contributed by atoms with Crippen LogP contribution in [0, 0.1) is 5.92 Å². The molecule has 2 heteroatoms. The van der Waals surface area contributed by atoms with Gasteiger partial charge in [-0.05, 0) is 30.4 Å². The van der Waals surface area contributed by atoms with Gasteiger partial charge in [0.15, 0.2) is 0 Å². The highest BCUT2D eigenvalue weighted by molar-refractivity contribution is 5.82. The minimum absolute atomic E-state index is 0.276. The van der Waals surface area contributed by atoms with E-state index in [1.165, 1.54) is 11.1 Å². The van der Waals surface area contributed by atoms with Crippen molar-refractivity contribution in [1.29, 1.82) is 0 Å². The Hall–Kier alpha value is -1.15. The van der Waals surface area contributed by atoms with Crippen molar-refractivity contribution in [2.75, 3.05) is 7.11 Å². The first-order valence-electron chi connectivity index (χ1n) is 5.30. The van der Waals surface area contributed by atoms with Crippen molar-refractivity contribution >= 4 is 5.78 Å². The summed E-state index contributed by atoms with van der Waals surface area (Å²) in [5.74, 6) is 1.07. The summed E-state index contributed by atoms with van der Waals surface area (Å²) < 4.78 is 5.05. The van der Waals surface area contributed by atoms with Gasteiger partial charge < -0.3 is 4.74 Å². The molecule has 0 heterocycles. The van der Waals surface area contributed by atoms with E-state index in [0.717, 1.165) is 6.42 Å². The van der Waals surface area contributed by atoms with Crippen molar-refractivity contribution < 1.29 is 9.53 Å². The third kappa shape index (κ3) is 2.26. The number of carbonyl (C=O) groups excluding carboxylic acids is 1. The van der Waals surface area contributed by atoms with E-state index in [2.05, 4.69) is 24.3 Å². The quantitative estimate of drug-likeness (QED) is 0.753. The molecular formula is C13H16O2. The maximum atomic E-state index is 11.1. The van der Waals surface area contributed by atoms with E-state index in [1.54, 1.807) is 14.0 Å². The third-order valence-electron chi connectivity index (χ3n) is 3.03. The Morgan fingerprint density at radius 1 is 1.40 bits per heavy atom. The fraction of sp³-hybridized carbons (Fsp3) is 0.462. The van der Waals surface area contributed by atoms with Gasteiger partial charge in [-0.3, -0.25) is 4.79 Å². The molecule has 2 nitrogen and oxygen atoms in total. The van der Waals surface area contributed by atoms with E-state index < -0.39 is 0 Å². The lowest BCUT2D eigenvalue weighted by atomic mass is 10.1. The summed E-state index contributed by atoms with van der Waals surface area (Å²) in [5, 5.41) is 0. The monoisotopic (exact) mass is 204 g/mol. The number of carbonyl (C=O) groups is 1. The molecular weight excluding hydrogens is 188 g/mol. The first kappa shape index (κ1) is 10.4. The van der Waals surface area contributed by atoms with Crippen LogP contribution < -0.4 is 0 Å². The number of ketones is 1. The third-order valence-corrected chi connectivity index (χ3v) is 3.03. The standard InChI is InChI=1S/C13H16O2/c1-9(14)12-7-13(12)11-5-3-10(4-6-11)8-15-2/h3-6,12-13H,7-8H2,1-2H3. The predicted octanol–water partition coefficient (Wildman–Crippen LogP) is 2.53. The Kier molecular flexibility index (Phi) is 2.87. The van der Waals surface area contributed by atoms with Crippen LogP contribution >= 0.6 is 0 Å². The molecule has 1 aromatic carbocycles. The van der Waals surface area contributed by atoms with Gasteiger partial charge in [-0.15, -0.1) is 0 Å². The molecule has 0 radical (unpaired) electrons. The largest absolute Gasteiger partial charge is 0.380 e. The van der Waals surface area contributed by atoms with Crippen molar-refractivity contribution in [3.63, 3.8) is 0 Å². The van der Waals surface area contributed by atoms with Crippen molar-refractivity contribution in [1.82, 2.24) is 0 Å². The second kappa shape index (κ2) is 4.15. The molecule has 1 aliphatic carbocycles. The van der Waals surface area contributed by atoms with Crippen LogP contribution in [0.25, 0.3) is 0 Å². The van der Waals surface area contributed by atoms with Crippen molar-refractivity contribution in [2.24, 2.45) is 5.92 Å². The molecule has 0 bridgehead atoms. The molecule has 2 atom stereocenters. The minimum Gasteiger partial charge on any atom is -0.380 e. The zero-order valence-corrected chi connectivity index (χ0v) is 9.19. The van der Waals surface area contributed by atoms with E-state index in [1.807, 2.05) is 0 Å². The van der Waals surface area contributed by atoms with Gasteiger partial charge in [-0.25, -0.2) is 0 Å². The topological polar surface area (TPSA) is 26.3 Å². The second-order valence-corrected chi connectivity index (χ2v) is 4.23. The number of benzene rings is 1. The number of rotatable bonds is 4. The molecule has 2 unspecified atom stereocenters. The second-order valence-electron chi connectivity index (χ2n) is 4.23. The zero-order valence-electron chi connectivity index (χ0n) is 9.19. The predicted molar refractivity (Wildman–Crippen MR) is 58.7 cm³/mol. The maximum absolute atomic E-state index is 11.1. The molecule has 2 rings (SSSR count). The number of hydrogen-bond acceptors (Lipinski definition) is 2. The molecule has 80 valence electrons. The van der Waals surface area contributed by atoms with Crippen LogP contribution in [-0.2, 0) is 16.1 Å². The molecule has 0 saturated heterocycles. The van der Waals surface area contributed by atoms with Gasteiger partial charge in [0.2, 0.25) is 0 Å². The number of methoxy groups -OCH3 is 1. The molecule has 0 spiro atoms. The van der Waals surface area contributed by atoms with E-state index in [-0.39, 0.29) is 5.92 Å². The number of Topliss-reactive ketones (excluding diaryl/α,β-unsaturated/α-hetero) is 1. The molecule has 1 aromatic rings. The summed E-state index contributed by atoms with van der Waals surface area (Å²) in [7, 11) is 1.70. The van der Waals surface area contributed by atoms with E-state index in [4.69, 9.17) is 4.74 Å². The molecule has 1 saturated carbocycles. The van der Waals surface area contributed by atoms with Crippen LogP contribution in [-0.4, -0.2) is 12.9 Å². The summed E-state index contributed by atoms with van der Waals surface area (Å²) in [4.78, 5) is 11.1.